The molecule has 3 heterocycles. The summed E-state index contributed by atoms with van der Waals surface area (Å²) in [5, 5.41) is 7.00. The second-order valence-corrected chi connectivity index (χ2v) is 9.29. The Morgan fingerprint density at radius 3 is 2.25 bits per heavy atom. The third-order valence-corrected chi connectivity index (χ3v) is 6.74. The van der Waals surface area contributed by atoms with Gasteiger partial charge in [0.05, 0.1) is 17.0 Å². The van der Waals surface area contributed by atoms with Gasteiger partial charge >= 0.3 is 0 Å². The summed E-state index contributed by atoms with van der Waals surface area (Å²) in [6, 6.07) is 9.61. The van der Waals surface area contributed by atoms with Crippen molar-refractivity contribution in [1.82, 2.24) is 9.80 Å². The van der Waals surface area contributed by atoms with Crippen LogP contribution in [0.15, 0.2) is 52.4 Å². The van der Waals surface area contributed by atoms with E-state index >= 15 is 0 Å². The number of primary sulfonamides is 1. The maximum Gasteiger partial charge on any atom is 0.278 e. The molecular formula is C19H19N3O4S2. The average Bonchev–Trinajstić information content (AvgIpc) is 3.39. The van der Waals surface area contributed by atoms with Crippen LogP contribution in [0.2, 0.25) is 0 Å². The number of nitrogens with two attached hydrogens (primary N) is 1. The Labute approximate surface area is 167 Å². The normalized spacial score (nSPS) is 17.9. The highest BCUT2D eigenvalue weighted by Gasteiger charge is 2.42. The number of rotatable bonds is 5. The zero-order valence-electron chi connectivity index (χ0n) is 15.0. The van der Waals surface area contributed by atoms with Crippen LogP contribution >= 0.6 is 11.3 Å². The zero-order valence-corrected chi connectivity index (χ0v) is 16.6. The van der Waals surface area contributed by atoms with Crippen molar-refractivity contribution in [2.75, 3.05) is 13.1 Å². The van der Waals surface area contributed by atoms with Gasteiger partial charge in [-0.1, -0.05) is 18.2 Å². The van der Waals surface area contributed by atoms with Gasteiger partial charge in [0.15, 0.2) is 0 Å². The molecule has 0 atom stereocenters. The monoisotopic (exact) mass is 417 g/mol. The van der Waals surface area contributed by atoms with Crippen LogP contribution in [0.3, 0.4) is 0 Å². The fourth-order valence-corrected chi connectivity index (χ4v) is 4.83. The highest BCUT2D eigenvalue weighted by Crippen LogP contribution is 2.36. The number of carbonyl (C=O) groups excluding carboxylic acids is 2. The fraction of sp³-hybridized carbons (Fsp3) is 0.263. The van der Waals surface area contributed by atoms with Crippen LogP contribution in [0.1, 0.15) is 23.3 Å². The minimum absolute atomic E-state index is 0.00881. The minimum Gasteiger partial charge on any atom is -0.366 e. The second kappa shape index (κ2) is 7.16. The van der Waals surface area contributed by atoms with E-state index in [0.717, 1.165) is 30.8 Å². The van der Waals surface area contributed by atoms with Crippen LogP contribution in [-0.4, -0.2) is 43.1 Å². The van der Waals surface area contributed by atoms with Gasteiger partial charge in [-0.25, -0.2) is 13.6 Å². The summed E-state index contributed by atoms with van der Waals surface area (Å²) in [6.07, 6.45) is 2.00. The highest BCUT2D eigenvalue weighted by molar-refractivity contribution is 7.89. The average molecular weight is 418 g/mol. The predicted molar refractivity (Wildman–Crippen MR) is 105 cm³/mol. The summed E-state index contributed by atoms with van der Waals surface area (Å²) in [5.41, 5.74) is 1.59. The van der Waals surface area contributed by atoms with Gasteiger partial charge in [-0.2, -0.15) is 0 Å². The van der Waals surface area contributed by atoms with Crippen molar-refractivity contribution in [3.05, 3.63) is 57.9 Å². The third-order valence-electron chi connectivity index (χ3n) is 4.93. The van der Waals surface area contributed by atoms with Gasteiger partial charge in [-0.15, -0.1) is 11.3 Å². The molecule has 2 amide bonds. The van der Waals surface area contributed by atoms with Crippen molar-refractivity contribution in [2.45, 2.75) is 24.3 Å². The van der Waals surface area contributed by atoms with Crippen molar-refractivity contribution in [1.29, 1.82) is 0 Å². The quantitative estimate of drug-likeness (QED) is 0.748. The molecule has 2 N–H and O–H groups in total. The molecule has 0 spiro atoms. The molecule has 7 nitrogen and oxygen atoms in total. The lowest BCUT2D eigenvalue weighted by atomic mass is 10.1. The minimum atomic E-state index is -3.79. The van der Waals surface area contributed by atoms with E-state index in [2.05, 4.69) is 0 Å². The number of nitrogens with zero attached hydrogens (tertiary/aromatic N) is 2. The Balaban J connectivity index is 1.65. The molecule has 0 aliphatic carbocycles. The van der Waals surface area contributed by atoms with Gasteiger partial charge in [0, 0.05) is 18.0 Å². The topological polar surface area (TPSA) is 101 Å². The number of thiophene rings is 1. The van der Waals surface area contributed by atoms with E-state index in [-0.39, 0.29) is 23.3 Å². The molecule has 146 valence electrons. The first-order chi connectivity index (χ1) is 13.4. The third kappa shape index (κ3) is 3.36. The number of hydrogen-bond acceptors (Lipinski definition) is 6. The summed E-state index contributed by atoms with van der Waals surface area (Å²) < 4.78 is 22.8. The van der Waals surface area contributed by atoms with Crippen LogP contribution in [0.25, 0.3) is 5.57 Å². The van der Waals surface area contributed by atoms with Crippen molar-refractivity contribution in [3.8, 4) is 0 Å². The van der Waals surface area contributed by atoms with Crippen LogP contribution in [0, 0.1) is 0 Å². The van der Waals surface area contributed by atoms with Crippen molar-refractivity contribution in [2.24, 2.45) is 5.14 Å². The van der Waals surface area contributed by atoms with Crippen LogP contribution in [0.5, 0.6) is 0 Å². The molecule has 2 aromatic rings. The summed E-state index contributed by atoms with van der Waals surface area (Å²) in [4.78, 5) is 30.3. The van der Waals surface area contributed by atoms with Gasteiger partial charge in [0.25, 0.3) is 11.8 Å². The van der Waals surface area contributed by atoms with Crippen molar-refractivity contribution < 1.29 is 18.0 Å². The SMILES string of the molecule is NS(=O)(=O)c1ccc(CN2C(=O)C(c3cccs3)=C(N3CCCC3)C2=O)cc1. The molecule has 0 radical (unpaired) electrons. The molecule has 2 aliphatic rings. The first kappa shape index (κ1) is 18.9. The van der Waals surface area contributed by atoms with Gasteiger partial charge in [0.2, 0.25) is 10.0 Å². The Morgan fingerprint density at radius 2 is 1.68 bits per heavy atom. The first-order valence-electron chi connectivity index (χ1n) is 8.87. The van der Waals surface area contributed by atoms with E-state index in [4.69, 9.17) is 5.14 Å². The molecule has 0 bridgehead atoms. The smallest absolute Gasteiger partial charge is 0.278 e. The maximum absolute atomic E-state index is 13.1. The van der Waals surface area contributed by atoms with E-state index in [0.29, 0.717) is 16.8 Å². The molecule has 2 aliphatic heterocycles. The molecule has 1 fully saturated rings. The molecule has 4 rings (SSSR count). The lowest BCUT2D eigenvalue weighted by Crippen LogP contribution is -2.34. The van der Waals surface area contributed by atoms with Crippen LogP contribution in [-0.2, 0) is 26.2 Å². The van der Waals surface area contributed by atoms with Gasteiger partial charge in [-0.3, -0.25) is 14.5 Å². The number of benzene rings is 1. The molecule has 1 saturated heterocycles. The first-order valence-corrected chi connectivity index (χ1v) is 11.3. The van der Waals surface area contributed by atoms with Gasteiger partial charge < -0.3 is 4.90 Å². The fourth-order valence-electron chi connectivity index (χ4n) is 3.55. The van der Waals surface area contributed by atoms with Crippen LogP contribution in [0.4, 0.5) is 0 Å². The van der Waals surface area contributed by atoms with Gasteiger partial charge in [0.1, 0.15) is 5.70 Å². The van der Waals surface area contributed by atoms with E-state index in [1.54, 1.807) is 12.1 Å². The lowest BCUT2D eigenvalue weighted by molar-refractivity contribution is -0.138. The standard InChI is InChI=1S/C19H19N3O4S2/c20-28(25,26)14-7-5-13(6-8-14)12-22-18(23)16(15-4-3-11-27-15)17(19(22)24)21-9-1-2-10-21/h3-8,11H,1-2,9-10,12H2,(H2,20,25,26). The van der Waals surface area contributed by atoms with Gasteiger partial charge in [-0.05, 0) is 42.0 Å². The number of imide groups is 1. The zero-order chi connectivity index (χ0) is 19.9. The molecule has 9 heteroatoms. The lowest BCUT2D eigenvalue weighted by Gasteiger charge is -2.20. The van der Waals surface area contributed by atoms with E-state index in [1.807, 2.05) is 22.4 Å². The Bertz CT molecular complexity index is 1050. The summed E-state index contributed by atoms with van der Waals surface area (Å²) in [7, 11) is -3.79. The molecule has 1 aromatic heterocycles. The number of hydrogen-bond donors (Lipinski definition) is 1. The number of carbonyl (C=O) groups is 2. The molecule has 0 unspecified atom stereocenters. The van der Waals surface area contributed by atoms with E-state index < -0.39 is 10.0 Å². The molecule has 0 saturated carbocycles. The molecule has 28 heavy (non-hydrogen) atoms. The number of amides is 2. The number of likely N-dealkylation sites (tertiary alicyclic amines) is 1. The molecule has 1 aromatic carbocycles. The van der Waals surface area contributed by atoms with E-state index in [9.17, 15) is 18.0 Å². The predicted octanol–water partition coefficient (Wildman–Crippen LogP) is 1.77. The largest absolute Gasteiger partial charge is 0.366 e. The van der Waals surface area contributed by atoms with Crippen molar-refractivity contribution >= 4 is 38.7 Å². The van der Waals surface area contributed by atoms with Crippen molar-refractivity contribution in [3.63, 3.8) is 0 Å². The summed E-state index contributed by atoms with van der Waals surface area (Å²) >= 11 is 1.44. The number of sulfonamides is 1. The summed E-state index contributed by atoms with van der Waals surface area (Å²) in [6.45, 7) is 1.61. The maximum atomic E-state index is 13.1. The van der Waals surface area contributed by atoms with E-state index in [1.165, 1.54) is 28.4 Å². The molecular weight excluding hydrogens is 398 g/mol. The van der Waals surface area contributed by atoms with Crippen LogP contribution < -0.4 is 5.14 Å². The Kier molecular flexibility index (Phi) is 4.82. The highest BCUT2D eigenvalue weighted by atomic mass is 32.2. The Hall–Kier alpha value is -2.49. The summed E-state index contributed by atoms with van der Waals surface area (Å²) in [5.74, 6) is -0.615. The Morgan fingerprint density at radius 1 is 1.00 bits per heavy atom. The second-order valence-electron chi connectivity index (χ2n) is 6.78.